The molecule has 1 amide bonds. The largest absolute Gasteiger partial charge is 0.439 e. The second-order valence-electron chi connectivity index (χ2n) is 6.16. The lowest BCUT2D eigenvalue weighted by molar-refractivity contribution is -0.113. The summed E-state index contributed by atoms with van der Waals surface area (Å²) < 4.78 is 11.2. The Morgan fingerprint density at radius 1 is 0.968 bits per heavy atom. The zero-order valence-electron chi connectivity index (χ0n) is 15.8. The summed E-state index contributed by atoms with van der Waals surface area (Å²) in [6.07, 6.45) is 1.51. The Bertz CT molecular complexity index is 1170. The lowest BCUT2D eigenvalue weighted by Crippen LogP contribution is -2.14. The molecule has 0 fully saturated rings. The van der Waals surface area contributed by atoms with E-state index in [1.807, 2.05) is 0 Å². The first-order valence-corrected chi connectivity index (χ1v) is 10.7. The van der Waals surface area contributed by atoms with Crippen LogP contribution in [-0.4, -0.2) is 26.8 Å². The van der Waals surface area contributed by atoms with Crippen molar-refractivity contribution in [2.24, 2.45) is 0 Å². The van der Waals surface area contributed by atoms with Crippen LogP contribution in [0.4, 0.5) is 5.69 Å². The second kappa shape index (κ2) is 9.82. The molecule has 0 aliphatic rings. The average Bonchev–Trinajstić information content (AvgIpc) is 3.25. The number of carbonyl (C=O) groups is 1. The number of amides is 1. The summed E-state index contributed by atoms with van der Waals surface area (Å²) in [6, 6.07) is 17.3. The highest BCUT2D eigenvalue weighted by Crippen LogP contribution is 2.25. The number of benzene rings is 2. The Morgan fingerprint density at radius 2 is 1.68 bits per heavy atom. The molecule has 0 atom stereocenters. The Labute approximate surface area is 191 Å². The number of nitrogens with zero attached hydrogens (tertiary/aromatic N) is 3. The van der Waals surface area contributed by atoms with Gasteiger partial charge < -0.3 is 14.5 Å². The molecule has 31 heavy (non-hydrogen) atoms. The molecule has 1 N–H and O–H groups in total. The molecule has 0 bridgehead atoms. The number of nitrogens with one attached hydrogen (secondary N) is 1. The van der Waals surface area contributed by atoms with Crippen molar-refractivity contribution in [3.05, 3.63) is 76.9 Å². The van der Waals surface area contributed by atoms with Crippen LogP contribution in [0.15, 0.2) is 76.5 Å². The van der Waals surface area contributed by atoms with Crippen molar-refractivity contribution in [2.45, 2.75) is 5.22 Å². The minimum Gasteiger partial charge on any atom is -0.439 e. The smallest absolute Gasteiger partial charge is 0.277 e. The van der Waals surface area contributed by atoms with Crippen LogP contribution in [0.3, 0.4) is 0 Å². The molecule has 4 aromatic rings. The molecule has 2 aromatic carbocycles. The second-order valence-corrected chi connectivity index (χ2v) is 7.96. The molecule has 7 nitrogen and oxygen atoms in total. The van der Waals surface area contributed by atoms with Crippen molar-refractivity contribution in [3.63, 3.8) is 0 Å². The van der Waals surface area contributed by atoms with Gasteiger partial charge in [-0.2, -0.15) is 0 Å². The summed E-state index contributed by atoms with van der Waals surface area (Å²) in [5, 5.41) is 12.2. The predicted octanol–water partition coefficient (Wildman–Crippen LogP) is 5.96. The monoisotopic (exact) mass is 472 g/mol. The van der Waals surface area contributed by atoms with E-state index in [1.54, 1.807) is 60.7 Å². The average molecular weight is 473 g/mol. The SMILES string of the molecule is O=C(CSc1nnc(-c2ccc(Cl)cc2)o1)Nc1ccc(Oc2ccc(Cl)cc2)nc1. The maximum absolute atomic E-state index is 12.2. The van der Waals surface area contributed by atoms with Crippen molar-refractivity contribution >= 4 is 46.6 Å². The van der Waals surface area contributed by atoms with E-state index in [9.17, 15) is 4.79 Å². The number of thioether (sulfide) groups is 1. The minimum atomic E-state index is -0.232. The Hall–Kier alpha value is -3.07. The standard InChI is InChI=1S/C21H14Cl2N4O3S/c22-14-3-1-13(2-4-14)20-26-27-21(30-20)31-12-18(28)25-16-7-10-19(24-11-16)29-17-8-5-15(23)6-9-17/h1-11H,12H2,(H,25,28). The minimum absolute atomic E-state index is 0.102. The lowest BCUT2D eigenvalue weighted by atomic mass is 10.2. The Kier molecular flexibility index (Phi) is 6.71. The molecule has 10 heteroatoms. The van der Waals surface area contributed by atoms with Gasteiger partial charge in [0, 0.05) is 21.7 Å². The van der Waals surface area contributed by atoms with E-state index in [-0.39, 0.29) is 11.7 Å². The molecule has 0 spiro atoms. The van der Waals surface area contributed by atoms with Gasteiger partial charge in [-0.3, -0.25) is 4.79 Å². The van der Waals surface area contributed by atoms with Gasteiger partial charge in [-0.25, -0.2) is 4.98 Å². The predicted molar refractivity (Wildman–Crippen MR) is 120 cm³/mol. The zero-order valence-corrected chi connectivity index (χ0v) is 18.1. The fourth-order valence-electron chi connectivity index (χ4n) is 2.44. The number of halogens is 2. The quantitative estimate of drug-likeness (QED) is 0.331. The molecule has 4 rings (SSSR count). The van der Waals surface area contributed by atoms with Gasteiger partial charge in [0.25, 0.3) is 5.22 Å². The van der Waals surface area contributed by atoms with E-state index in [2.05, 4.69) is 20.5 Å². The maximum Gasteiger partial charge on any atom is 0.277 e. The summed E-state index contributed by atoms with van der Waals surface area (Å²) in [4.78, 5) is 16.4. The molecule has 0 saturated heterocycles. The van der Waals surface area contributed by atoms with E-state index in [0.29, 0.717) is 38.5 Å². The van der Waals surface area contributed by atoms with Crippen molar-refractivity contribution in [3.8, 4) is 23.1 Å². The molecule has 0 saturated carbocycles. The highest BCUT2D eigenvalue weighted by Gasteiger charge is 2.12. The molecular formula is C21H14Cl2N4O3S. The summed E-state index contributed by atoms with van der Waals surface area (Å²) in [5.41, 5.74) is 1.29. The van der Waals surface area contributed by atoms with E-state index in [4.69, 9.17) is 32.4 Å². The molecular weight excluding hydrogens is 459 g/mol. The highest BCUT2D eigenvalue weighted by molar-refractivity contribution is 7.99. The van der Waals surface area contributed by atoms with Gasteiger partial charge in [-0.15, -0.1) is 10.2 Å². The van der Waals surface area contributed by atoms with E-state index >= 15 is 0 Å². The van der Waals surface area contributed by atoms with Gasteiger partial charge in [0.15, 0.2) is 0 Å². The van der Waals surface area contributed by atoms with Crippen LogP contribution in [-0.2, 0) is 4.79 Å². The fraction of sp³-hybridized carbons (Fsp3) is 0.0476. The van der Waals surface area contributed by atoms with Gasteiger partial charge >= 0.3 is 0 Å². The summed E-state index contributed by atoms with van der Waals surface area (Å²) in [5.74, 6) is 1.24. The number of hydrogen-bond acceptors (Lipinski definition) is 7. The number of pyridine rings is 1. The van der Waals surface area contributed by atoms with Crippen LogP contribution in [0.5, 0.6) is 11.6 Å². The van der Waals surface area contributed by atoms with Crippen molar-refractivity contribution in [1.29, 1.82) is 0 Å². The molecule has 0 radical (unpaired) electrons. The number of rotatable bonds is 7. The number of anilines is 1. The Balaban J connectivity index is 1.28. The number of hydrogen-bond donors (Lipinski definition) is 1. The number of ether oxygens (including phenoxy) is 1. The van der Waals surface area contributed by atoms with Gasteiger partial charge in [-0.1, -0.05) is 35.0 Å². The fourth-order valence-corrected chi connectivity index (χ4v) is 3.25. The molecule has 156 valence electrons. The molecule has 2 aromatic heterocycles. The molecule has 2 heterocycles. The van der Waals surface area contributed by atoms with Crippen molar-refractivity contribution in [1.82, 2.24) is 15.2 Å². The molecule has 0 aliphatic carbocycles. The van der Waals surface area contributed by atoms with E-state index in [0.717, 1.165) is 17.3 Å². The first kappa shape index (κ1) is 21.2. The van der Waals surface area contributed by atoms with Crippen LogP contribution >= 0.6 is 35.0 Å². The van der Waals surface area contributed by atoms with Crippen LogP contribution in [0.1, 0.15) is 0 Å². The number of carbonyl (C=O) groups excluding carboxylic acids is 1. The molecule has 0 unspecified atom stereocenters. The molecule has 0 aliphatic heterocycles. The van der Waals surface area contributed by atoms with Crippen LogP contribution in [0.25, 0.3) is 11.5 Å². The van der Waals surface area contributed by atoms with Gasteiger partial charge in [-0.05, 0) is 54.6 Å². The van der Waals surface area contributed by atoms with Gasteiger partial charge in [0.1, 0.15) is 5.75 Å². The summed E-state index contributed by atoms with van der Waals surface area (Å²) in [6.45, 7) is 0. The van der Waals surface area contributed by atoms with Crippen LogP contribution in [0, 0.1) is 0 Å². The van der Waals surface area contributed by atoms with E-state index < -0.39 is 0 Å². The third kappa shape index (κ3) is 5.97. The van der Waals surface area contributed by atoms with Gasteiger partial charge in [0.2, 0.25) is 17.7 Å². The normalized spacial score (nSPS) is 10.6. The Morgan fingerprint density at radius 3 is 2.35 bits per heavy atom. The number of aromatic nitrogens is 3. The van der Waals surface area contributed by atoms with Crippen LogP contribution in [0.2, 0.25) is 10.0 Å². The van der Waals surface area contributed by atoms with E-state index in [1.165, 1.54) is 6.20 Å². The zero-order chi connectivity index (χ0) is 21.6. The first-order valence-electron chi connectivity index (χ1n) is 8.97. The summed E-state index contributed by atoms with van der Waals surface area (Å²) in [7, 11) is 0. The topological polar surface area (TPSA) is 90.1 Å². The third-order valence-electron chi connectivity index (χ3n) is 3.88. The first-order chi connectivity index (χ1) is 15.0. The van der Waals surface area contributed by atoms with Crippen molar-refractivity contribution < 1.29 is 13.9 Å². The third-order valence-corrected chi connectivity index (χ3v) is 5.20. The van der Waals surface area contributed by atoms with Crippen molar-refractivity contribution in [2.75, 3.05) is 11.1 Å². The van der Waals surface area contributed by atoms with Crippen LogP contribution < -0.4 is 10.1 Å². The maximum atomic E-state index is 12.2. The lowest BCUT2D eigenvalue weighted by Gasteiger charge is -2.07. The summed E-state index contributed by atoms with van der Waals surface area (Å²) >= 11 is 12.9. The van der Waals surface area contributed by atoms with Gasteiger partial charge in [0.05, 0.1) is 17.6 Å². The highest BCUT2D eigenvalue weighted by atomic mass is 35.5.